The van der Waals surface area contributed by atoms with Crippen LogP contribution in [-0.2, 0) is 0 Å². The molecule has 112 valence electrons. The van der Waals surface area contributed by atoms with Gasteiger partial charge in [-0.05, 0) is 5.56 Å². The van der Waals surface area contributed by atoms with Gasteiger partial charge in [-0.25, -0.2) is 0 Å². The lowest BCUT2D eigenvalue weighted by Gasteiger charge is -2.29. The van der Waals surface area contributed by atoms with Crippen LogP contribution in [0.25, 0.3) is 0 Å². The molecule has 0 aliphatic heterocycles. The third kappa shape index (κ3) is 3.60. The highest BCUT2D eigenvalue weighted by Gasteiger charge is 2.35. The predicted molar refractivity (Wildman–Crippen MR) is 67.9 cm³/mol. The molecule has 0 aliphatic carbocycles. The summed E-state index contributed by atoms with van der Waals surface area (Å²) < 4.78 is 0. The summed E-state index contributed by atoms with van der Waals surface area (Å²) in [7, 11) is 0. The van der Waals surface area contributed by atoms with Crippen LogP contribution in [0.3, 0.4) is 0 Å². The Bertz CT molecular complexity index is 436. The molecule has 0 amide bonds. The normalized spacial score (nSPS) is 18.9. The minimum atomic E-state index is -1.90. The van der Waals surface area contributed by atoms with E-state index in [2.05, 4.69) is 0 Å². The van der Waals surface area contributed by atoms with Gasteiger partial charge in [-0.1, -0.05) is 24.3 Å². The largest absolute Gasteiger partial charge is 0.394 e. The number of aliphatic hydroxyl groups is 6. The first kappa shape index (κ1) is 16.7. The number of hydrogen-bond acceptors (Lipinski definition) is 7. The fourth-order valence-corrected chi connectivity index (χ4v) is 1.80. The van der Waals surface area contributed by atoms with E-state index >= 15 is 0 Å². The van der Waals surface area contributed by atoms with Crippen LogP contribution in [0.15, 0.2) is 24.3 Å². The molecule has 7 nitrogen and oxygen atoms in total. The van der Waals surface area contributed by atoms with E-state index in [4.69, 9.17) is 5.11 Å². The van der Waals surface area contributed by atoms with Crippen LogP contribution < -0.4 is 0 Å². The molecule has 20 heavy (non-hydrogen) atoms. The molecular weight excluding hydrogens is 268 g/mol. The Kier molecular flexibility index (Phi) is 6.21. The van der Waals surface area contributed by atoms with Gasteiger partial charge in [-0.3, -0.25) is 4.79 Å². The van der Waals surface area contributed by atoms with Crippen LogP contribution in [0, 0.1) is 0 Å². The molecule has 7 heteroatoms. The molecular formula is C13H18O7. The summed E-state index contributed by atoms with van der Waals surface area (Å²) in [6.45, 7) is -0.814. The standard InChI is InChI=1S/C13H18O7/c14-5-7-3-1-2-4-8(7)10(17)12(19)13(20)11(18)9(16)6-15/h1-5,9-13,15-20H,6H2/t9-,10?,11+,12+,13-/m0/s1. The molecule has 1 aromatic carbocycles. The van der Waals surface area contributed by atoms with E-state index in [0.29, 0.717) is 6.29 Å². The molecule has 0 aromatic heterocycles. The number of carbonyl (C=O) groups excluding carboxylic acids is 1. The quantitative estimate of drug-likeness (QED) is 0.318. The number of carbonyl (C=O) groups is 1. The molecule has 0 saturated carbocycles. The lowest BCUT2D eigenvalue weighted by atomic mass is 9.93. The maximum absolute atomic E-state index is 10.8. The van der Waals surface area contributed by atoms with Gasteiger partial charge >= 0.3 is 0 Å². The van der Waals surface area contributed by atoms with Gasteiger partial charge in [0, 0.05) is 5.56 Å². The molecule has 1 rings (SSSR count). The van der Waals surface area contributed by atoms with Crippen molar-refractivity contribution in [1.29, 1.82) is 0 Å². The lowest BCUT2D eigenvalue weighted by molar-refractivity contribution is -0.141. The molecule has 1 aromatic rings. The monoisotopic (exact) mass is 286 g/mol. The molecule has 0 fully saturated rings. The topological polar surface area (TPSA) is 138 Å². The Balaban J connectivity index is 2.90. The highest BCUT2D eigenvalue weighted by Crippen LogP contribution is 2.23. The van der Waals surface area contributed by atoms with E-state index in [9.17, 15) is 30.3 Å². The molecule has 0 spiro atoms. The van der Waals surface area contributed by atoms with Gasteiger partial charge in [-0.15, -0.1) is 0 Å². The molecule has 0 heterocycles. The summed E-state index contributed by atoms with van der Waals surface area (Å²) in [5.41, 5.74) is 0.211. The molecule has 0 aliphatic rings. The van der Waals surface area contributed by atoms with Crippen molar-refractivity contribution in [2.45, 2.75) is 30.5 Å². The zero-order valence-corrected chi connectivity index (χ0v) is 10.6. The number of rotatable bonds is 7. The molecule has 0 bridgehead atoms. The molecule has 0 radical (unpaired) electrons. The molecule has 6 N–H and O–H groups in total. The fourth-order valence-electron chi connectivity index (χ4n) is 1.80. The average molecular weight is 286 g/mol. The van der Waals surface area contributed by atoms with Gasteiger partial charge in [0.05, 0.1) is 6.61 Å². The third-order valence-corrected chi connectivity index (χ3v) is 3.05. The summed E-state index contributed by atoms with van der Waals surface area (Å²) in [5.74, 6) is 0. The van der Waals surface area contributed by atoms with Crippen LogP contribution in [0.2, 0.25) is 0 Å². The summed E-state index contributed by atoms with van der Waals surface area (Å²) in [4.78, 5) is 10.8. The fraction of sp³-hybridized carbons (Fsp3) is 0.462. The van der Waals surface area contributed by atoms with Crippen LogP contribution in [-0.4, -0.2) is 67.9 Å². The highest BCUT2D eigenvalue weighted by atomic mass is 16.4. The van der Waals surface area contributed by atoms with Gasteiger partial charge in [0.25, 0.3) is 0 Å². The van der Waals surface area contributed by atoms with Crippen molar-refractivity contribution in [2.24, 2.45) is 0 Å². The SMILES string of the molecule is O=Cc1ccccc1C(O)[C@@H](O)[C@@H](O)[C@H](O)[C@@H](O)CO. The average Bonchev–Trinajstić information content (AvgIpc) is 2.50. The Morgan fingerprint density at radius 3 is 2.10 bits per heavy atom. The molecule has 1 unspecified atom stereocenters. The molecule has 5 atom stereocenters. The van der Waals surface area contributed by atoms with E-state index in [1.165, 1.54) is 18.2 Å². The van der Waals surface area contributed by atoms with Crippen LogP contribution in [0.4, 0.5) is 0 Å². The maximum Gasteiger partial charge on any atom is 0.150 e. The van der Waals surface area contributed by atoms with E-state index in [1.807, 2.05) is 0 Å². The van der Waals surface area contributed by atoms with E-state index < -0.39 is 37.1 Å². The predicted octanol–water partition coefficient (Wildman–Crippen LogP) is -2.03. The van der Waals surface area contributed by atoms with Gasteiger partial charge in [-0.2, -0.15) is 0 Å². The highest BCUT2D eigenvalue weighted by molar-refractivity contribution is 5.77. The summed E-state index contributed by atoms with van der Waals surface area (Å²) in [5, 5.41) is 56.8. The first-order valence-corrected chi connectivity index (χ1v) is 5.99. The number of benzene rings is 1. The van der Waals surface area contributed by atoms with Crippen LogP contribution in [0.1, 0.15) is 22.0 Å². The van der Waals surface area contributed by atoms with Crippen molar-refractivity contribution in [1.82, 2.24) is 0 Å². The van der Waals surface area contributed by atoms with Crippen molar-refractivity contribution >= 4 is 6.29 Å². The smallest absolute Gasteiger partial charge is 0.150 e. The second-order valence-electron chi connectivity index (χ2n) is 4.41. The minimum Gasteiger partial charge on any atom is -0.394 e. The summed E-state index contributed by atoms with van der Waals surface area (Å²) >= 11 is 0. The van der Waals surface area contributed by atoms with E-state index in [-0.39, 0.29) is 11.1 Å². The van der Waals surface area contributed by atoms with Crippen molar-refractivity contribution in [2.75, 3.05) is 6.61 Å². The first-order valence-electron chi connectivity index (χ1n) is 5.99. The van der Waals surface area contributed by atoms with Gasteiger partial charge < -0.3 is 30.6 Å². The Morgan fingerprint density at radius 2 is 1.55 bits per heavy atom. The van der Waals surface area contributed by atoms with Crippen molar-refractivity contribution in [3.05, 3.63) is 35.4 Å². The van der Waals surface area contributed by atoms with Crippen LogP contribution in [0.5, 0.6) is 0 Å². The van der Waals surface area contributed by atoms with E-state index in [0.717, 1.165) is 0 Å². The second-order valence-corrected chi connectivity index (χ2v) is 4.41. The maximum atomic E-state index is 10.8. The number of hydrogen-bond donors (Lipinski definition) is 6. The zero-order valence-electron chi connectivity index (χ0n) is 10.6. The Morgan fingerprint density at radius 1 is 0.950 bits per heavy atom. The Hall–Kier alpha value is -1.35. The number of aliphatic hydroxyl groups excluding tert-OH is 6. The summed E-state index contributed by atoms with van der Waals surface area (Å²) in [6, 6.07) is 5.90. The lowest BCUT2D eigenvalue weighted by Crippen LogP contribution is -2.47. The zero-order chi connectivity index (χ0) is 15.3. The molecule has 0 saturated heterocycles. The van der Waals surface area contributed by atoms with E-state index in [1.54, 1.807) is 6.07 Å². The first-order chi connectivity index (χ1) is 9.43. The van der Waals surface area contributed by atoms with Gasteiger partial charge in [0.15, 0.2) is 0 Å². The third-order valence-electron chi connectivity index (χ3n) is 3.05. The van der Waals surface area contributed by atoms with Gasteiger partial charge in [0.2, 0.25) is 0 Å². The number of aldehydes is 1. The Labute approximate surface area is 115 Å². The van der Waals surface area contributed by atoms with Gasteiger partial charge in [0.1, 0.15) is 36.8 Å². The minimum absolute atomic E-state index is 0.0831. The second kappa shape index (κ2) is 7.44. The van der Waals surface area contributed by atoms with Crippen molar-refractivity contribution in [3.63, 3.8) is 0 Å². The van der Waals surface area contributed by atoms with Crippen molar-refractivity contribution in [3.8, 4) is 0 Å². The van der Waals surface area contributed by atoms with Crippen LogP contribution >= 0.6 is 0 Å². The van der Waals surface area contributed by atoms with Crippen molar-refractivity contribution < 1.29 is 35.4 Å². The summed E-state index contributed by atoms with van der Waals surface area (Å²) in [6.07, 6.45) is -8.39.